The zero-order valence-corrected chi connectivity index (χ0v) is 16.7. The molecule has 156 valence electrons. The average Bonchev–Trinajstić information content (AvgIpc) is 3.05. The van der Waals surface area contributed by atoms with Gasteiger partial charge in [-0.25, -0.2) is 0 Å². The molecular formula is C22H27NO6. The fraction of sp³-hybridized carbons (Fsp3) is 0.591. The van der Waals surface area contributed by atoms with Crippen molar-refractivity contribution < 1.29 is 29.2 Å². The molecule has 4 aliphatic rings. The highest BCUT2D eigenvalue weighted by Gasteiger charge is 2.64. The van der Waals surface area contributed by atoms with Gasteiger partial charge in [0.1, 0.15) is 18.3 Å². The fourth-order valence-electron chi connectivity index (χ4n) is 5.86. The van der Waals surface area contributed by atoms with E-state index in [4.69, 9.17) is 19.3 Å². The lowest BCUT2D eigenvalue weighted by Gasteiger charge is -2.56. The fourth-order valence-corrected chi connectivity index (χ4v) is 5.86. The Morgan fingerprint density at radius 1 is 1.41 bits per heavy atom. The first kappa shape index (κ1) is 19.1. The Labute approximate surface area is 169 Å². The smallest absolute Gasteiger partial charge is 0.308 e. The molecular weight excluding hydrogens is 374 g/mol. The summed E-state index contributed by atoms with van der Waals surface area (Å²) in [5.74, 6) is 1.04. The molecule has 1 saturated heterocycles. The van der Waals surface area contributed by atoms with Gasteiger partial charge in [-0.15, -0.1) is 0 Å². The molecule has 1 aromatic rings. The van der Waals surface area contributed by atoms with Crippen LogP contribution in [0.25, 0.3) is 0 Å². The minimum Gasteiger partial charge on any atom is -0.482 e. The van der Waals surface area contributed by atoms with Gasteiger partial charge in [0.05, 0.1) is 13.2 Å². The minimum atomic E-state index is -0.925. The number of nitrogens with zero attached hydrogens (tertiary/aromatic N) is 1. The van der Waals surface area contributed by atoms with Gasteiger partial charge in [-0.2, -0.15) is 0 Å². The Kier molecular flexibility index (Phi) is 4.47. The average molecular weight is 401 g/mol. The number of rotatable bonds is 5. The first-order chi connectivity index (χ1) is 14.0. The molecule has 0 amide bonds. The molecule has 2 N–H and O–H groups in total. The number of hydrogen-bond donors (Lipinski definition) is 2. The number of carbonyl (C=O) groups excluding carboxylic acids is 1. The normalized spacial score (nSPS) is 35.0. The number of aliphatic hydroxyl groups is 2. The van der Waals surface area contributed by atoms with E-state index in [1.54, 1.807) is 0 Å². The molecule has 7 heteroatoms. The zero-order chi connectivity index (χ0) is 20.3. The summed E-state index contributed by atoms with van der Waals surface area (Å²) in [5.41, 5.74) is 2.17. The van der Waals surface area contributed by atoms with Crippen LogP contribution in [0.15, 0.2) is 24.3 Å². The number of piperidine rings is 1. The van der Waals surface area contributed by atoms with Crippen LogP contribution in [0, 0.1) is 5.92 Å². The Balaban J connectivity index is 1.61. The van der Waals surface area contributed by atoms with Crippen molar-refractivity contribution in [3.63, 3.8) is 0 Å². The van der Waals surface area contributed by atoms with Gasteiger partial charge in [0.15, 0.2) is 11.5 Å². The summed E-state index contributed by atoms with van der Waals surface area (Å²) >= 11 is 0. The van der Waals surface area contributed by atoms with Gasteiger partial charge in [-0.05, 0) is 38.1 Å². The standard InChI is InChI=1S/C22H27NO6/c1-12(25)28-17-5-3-13-9-16-15-4-6-18(27-11-14(26)10-24)21-22(15,7-8-23(16)2)19(13)20(17)29-21/h3-6,14-16,18,21,24,26H,7-11H2,1-2H3/t14-,15+,16-,18+,21+,22+/m1/s1. The topological polar surface area (TPSA) is 88.5 Å². The number of aliphatic hydroxyl groups excluding tert-OH is 2. The van der Waals surface area contributed by atoms with Gasteiger partial charge in [0.2, 0.25) is 0 Å². The van der Waals surface area contributed by atoms with Crippen molar-refractivity contribution in [1.82, 2.24) is 4.90 Å². The quantitative estimate of drug-likeness (QED) is 0.429. The molecule has 29 heavy (non-hydrogen) atoms. The second kappa shape index (κ2) is 6.80. The first-order valence-corrected chi connectivity index (χ1v) is 10.3. The largest absolute Gasteiger partial charge is 0.482 e. The highest BCUT2D eigenvalue weighted by atomic mass is 16.6. The molecule has 7 nitrogen and oxygen atoms in total. The van der Waals surface area contributed by atoms with E-state index in [1.807, 2.05) is 12.1 Å². The number of carbonyl (C=O) groups is 1. The molecule has 5 rings (SSSR count). The van der Waals surface area contributed by atoms with Crippen LogP contribution in [0.2, 0.25) is 0 Å². The molecule has 6 atom stereocenters. The van der Waals surface area contributed by atoms with Crippen LogP contribution in [0.1, 0.15) is 24.5 Å². The molecule has 0 aromatic heterocycles. The minimum absolute atomic E-state index is 0.0372. The summed E-state index contributed by atoms with van der Waals surface area (Å²) < 4.78 is 18.0. The lowest BCUT2D eigenvalue weighted by molar-refractivity contribution is -0.132. The van der Waals surface area contributed by atoms with Crippen molar-refractivity contribution in [3.8, 4) is 11.5 Å². The molecule has 2 bridgehead atoms. The number of ether oxygens (including phenoxy) is 3. The summed E-state index contributed by atoms with van der Waals surface area (Å²) in [5, 5.41) is 18.9. The zero-order valence-electron chi connectivity index (χ0n) is 16.7. The lowest BCUT2D eigenvalue weighted by Crippen LogP contribution is -2.65. The van der Waals surface area contributed by atoms with Gasteiger partial charge in [0.25, 0.3) is 0 Å². The predicted molar refractivity (Wildman–Crippen MR) is 104 cm³/mol. The van der Waals surface area contributed by atoms with Gasteiger partial charge in [-0.1, -0.05) is 18.2 Å². The third kappa shape index (κ3) is 2.68. The van der Waals surface area contributed by atoms with Crippen LogP contribution in [0.5, 0.6) is 11.5 Å². The van der Waals surface area contributed by atoms with Crippen LogP contribution >= 0.6 is 0 Å². The van der Waals surface area contributed by atoms with Crippen molar-refractivity contribution in [1.29, 1.82) is 0 Å². The maximum Gasteiger partial charge on any atom is 0.308 e. The highest BCUT2D eigenvalue weighted by molar-refractivity contribution is 5.72. The number of hydrogen-bond acceptors (Lipinski definition) is 7. The molecule has 0 saturated carbocycles. The molecule has 2 heterocycles. The SMILES string of the molecule is CC(=O)Oc1ccc2c3c1O[C@H]1[C@@H](OC[C@H](O)CO)C=C[C@H]4[C@@H](C2)N(C)CC[C@@]341. The number of esters is 1. The van der Waals surface area contributed by atoms with E-state index >= 15 is 0 Å². The van der Waals surface area contributed by atoms with Crippen LogP contribution in [-0.4, -0.2) is 72.2 Å². The third-order valence-electron chi connectivity index (χ3n) is 7.06. The van der Waals surface area contributed by atoms with E-state index < -0.39 is 6.10 Å². The molecule has 2 aliphatic carbocycles. The third-order valence-corrected chi connectivity index (χ3v) is 7.06. The predicted octanol–water partition coefficient (Wildman–Crippen LogP) is 0.795. The van der Waals surface area contributed by atoms with Crippen molar-refractivity contribution in [2.45, 2.75) is 49.5 Å². The van der Waals surface area contributed by atoms with E-state index in [-0.39, 0.29) is 42.7 Å². The van der Waals surface area contributed by atoms with Gasteiger partial charge in [0, 0.05) is 29.9 Å². The molecule has 0 unspecified atom stereocenters. The van der Waals surface area contributed by atoms with Crippen LogP contribution < -0.4 is 9.47 Å². The summed E-state index contributed by atoms with van der Waals surface area (Å²) in [6.07, 6.45) is 4.60. The van der Waals surface area contributed by atoms with E-state index in [9.17, 15) is 9.90 Å². The lowest BCUT2D eigenvalue weighted by atomic mass is 9.53. The van der Waals surface area contributed by atoms with Crippen molar-refractivity contribution in [2.24, 2.45) is 5.92 Å². The Hall–Kier alpha value is -1.93. The van der Waals surface area contributed by atoms with Gasteiger partial charge >= 0.3 is 5.97 Å². The number of likely N-dealkylation sites (tertiary alicyclic amines) is 1. The molecule has 1 spiro atoms. The molecule has 1 aromatic carbocycles. The van der Waals surface area contributed by atoms with Gasteiger partial charge in [-0.3, -0.25) is 4.79 Å². The monoisotopic (exact) mass is 401 g/mol. The van der Waals surface area contributed by atoms with E-state index in [2.05, 4.69) is 24.1 Å². The van der Waals surface area contributed by atoms with Crippen molar-refractivity contribution in [2.75, 3.05) is 26.8 Å². The Morgan fingerprint density at radius 2 is 2.24 bits per heavy atom. The summed E-state index contributed by atoms with van der Waals surface area (Å²) in [6.45, 7) is 2.04. The first-order valence-electron chi connectivity index (χ1n) is 10.3. The number of benzene rings is 1. The van der Waals surface area contributed by atoms with Crippen LogP contribution in [0.3, 0.4) is 0 Å². The second-order valence-electron chi connectivity index (χ2n) is 8.65. The number of likely N-dealkylation sites (N-methyl/N-ethyl adjacent to an activating group) is 1. The summed E-state index contributed by atoms with van der Waals surface area (Å²) in [7, 11) is 2.18. The van der Waals surface area contributed by atoms with Crippen molar-refractivity contribution >= 4 is 5.97 Å². The van der Waals surface area contributed by atoms with Gasteiger partial charge < -0.3 is 29.3 Å². The molecule has 1 fully saturated rings. The Morgan fingerprint density at radius 3 is 3.00 bits per heavy atom. The van der Waals surface area contributed by atoms with E-state index in [1.165, 1.54) is 12.5 Å². The maximum absolute atomic E-state index is 11.6. The van der Waals surface area contributed by atoms with Crippen molar-refractivity contribution in [3.05, 3.63) is 35.4 Å². The Bertz CT molecular complexity index is 869. The molecule has 0 radical (unpaired) electrons. The molecule has 2 aliphatic heterocycles. The van der Waals surface area contributed by atoms with Crippen LogP contribution in [-0.2, 0) is 21.4 Å². The maximum atomic E-state index is 11.6. The summed E-state index contributed by atoms with van der Waals surface area (Å²) in [6, 6.07) is 4.28. The highest BCUT2D eigenvalue weighted by Crippen LogP contribution is 2.62. The second-order valence-corrected chi connectivity index (χ2v) is 8.65. The van der Waals surface area contributed by atoms with Crippen LogP contribution in [0.4, 0.5) is 0 Å². The summed E-state index contributed by atoms with van der Waals surface area (Å²) in [4.78, 5) is 14.1. The van der Waals surface area contributed by atoms with E-state index in [0.717, 1.165) is 24.9 Å². The van der Waals surface area contributed by atoms with E-state index in [0.29, 0.717) is 17.5 Å².